The van der Waals surface area contributed by atoms with Gasteiger partial charge in [-0.1, -0.05) is 24.2 Å². The zero-order valence-electron chi connectivity index (χ0n) is 16.4. The second-order valence-corrected chi connectivity index (χ2v) is 9.67. The van der Waals surface area contributed by atoms with Gasteiger partial charge in [-0.15, -0.1) is 0 Å². The van der Waals surface area contributed by atoms with Crippen molar-refractivity contribution in [1.82, 2.24) is 19.6 Å². The summed E-state index contributed by atoms with van der Waals surface area (Å²) in [6.07, 6.45) is 6.21. The van der Waals surface area contributed by atoms with Gasteiger partial charge in [0.25, 0.3) is 17.4 Å². The lowest BCUT2D eigenvalue weighted by molar-refractivity contribution is 0.0792. The summed E-state index contributed by atoms with van der Waals surface area (Å²) in [7, 11) is 0. The number of carbonyl (C=O) groups is 2. The lowest BCUT2D eigenvalue weighted by Crippen LogP contribution is -2.32. The first kappa shape index (κ1) is 19.4. The van der Waals surface area contributed by atoms with Crippen LogP contribution in [0, 0.1) is 3.95 Å². The number of amides is 2. The third kappa shape index (κ3) is 3.26. The number of thiazole rings is 1. The second-order valence-electron chi connectivity index (χ2n) is 8.02. The molecular formula is C21H22N4O3S2. The molecule has 0 spiro atoms. The molecule has 2 aliphatic rings. The van der Waals surface area contributed by atoms with Gasteiger partial charge in [-0.05, 0) is 56.1 Å². The molecule has 2 N–H and O–H groups in total. The summed E-state index contributed by atoms with van der Waals surface area (Å²) in [5.74, 6) is -0.247. The van der Waals surface area contributed by atoms with Crippen LogP contribution in [-0.4, -0.2) is 45.2 Å². The number of hydrogen-bond acceptors (Lipinski definition) is 5. The van der Waals surface area contributed by atoms with E-state index in [1.54, 1.807) is 22.6 Å². The molecule has 156 valence electrons. The molecule has 1 aliphatic carbocycles. The molecule has 5 rings (SSSR count). The topological polar surface area (TPSA) is 86.7 Å². The fourth-order valence-electron chi connectivity index (χ4n) is 4.50. The molecule has 0 unspecified atom stereocenters. The van der Waals surface area contributed by atoms with Crippen molar-refractivity contribution in [3.8, 4) is 0 Å². The van der Waals surface area contributed by atoms with E-state index in [-0.39, 0.29) is 23.4 Å². The Hall–Kier alpha value is -2.52. The molecule has 2 aromatic heterocycles. The van der Waals surface area contributed by atoms with Crippen molar-refractivity contribution in [3.63, 3.8) is 0 Å². The fraction of sp³-hybridized carbons (Fsp3) is 0.429. The Morgan fingerprint density at radius 3 is 2.60 bits per heavy atom. The number of aromatic amines is 1. The molecule has 1 aromatic carbocycles. The molecular weight excluding hydrogens is 420 g/mol. The van der Waals surface area contributed by atoms with Crippen LogP contribution in [0.25, 0.3) is 16.6 Å². The van der Waals surface area contributed by atoms with E-state index in [9.17, 15) is 14.4 Å². The highest BCUT2D eigenvalue weighted by molar-refractivity contribution is 7.73. The number of nitrogens with zero attached hydrogens (tertiary/aromatic N) is 2. The molecule has 1 saturated carbocycles. The van der Waals surface area contributed by atoms with Crippen LogP contribution in [0.4, 0.5) is 0 Å². The predicted molar refractivity (Wildman–Crippen MR) is 119 cm³/mol. The van der Waals surface area contributed by atoms with Crippen molar-refractivity contribution < 1.29 is 9.59 Å². The number of carbonyl (C=O) groups excluding carboxylic acids is 2. The molecule has 2 fully saturated rings. The minimum absolute atomic E-state index is 0.0382. The van der Waals surface area contributed by atoms with Crippen molar-refractivity contribution >= 4 is 51.9 Å². The van der Waals surface area contributed by atoms with Crippen molar-refractivity contribution in [3.05, 3.63) is 42.9 Å². The maximum Gasteiger partial charge on any atom is 0.265 e. The minimum atomic E-state index is -0.298. The molecule has 3 aromatic rings. The summed E-state index contributed by atoms with van der Waals surface area (Å²) in [6, 6.07) is 5.24. The Kier molecular flexibility index (Phi) is 4.94. The minimum Gasteiger partial charge on any atom is -0.348 e. The number of nitrogens with one attached hydrogen (secondary N) is 2. The Bertz CT molecular complexity index is 1280. The highest BCUT2D eigenvalue weighted by Crippen LogP contribution is 2.25. The smallest absolute Gasteiger partial charge is 0.265 e. The van der Waals surface area contributed by atoms with Crippen LogP contribution < -0.4 is 10.9 Å². The molecule has 2 amide bonds. The lowest BCUT2D eigenvalue weighted by Gasteiger charge is -2.15. The van der Waals surface area contributed by atoms with Gasteiger partial charge in [-0.25, -0.2) is 0 Å². The molecule has 1 aliphatic heterocycles. The maximum absolute atomic E-state index is 12.9. The van der Waals surface area contributed by atoms with E-state index in [4.69, 9.17) is 12.2 Å². The fourth-order valence-corrected chi connectivity index (χ4v) is 5.79. The number of rotatable bonds is 3. The number of H-pyrrole nitrogens is 1. The normalized spacial score (nSPS) is 17.3. The van der Waals surface area contributed by atoms with Crippen LogP contribution in [0.3, 0.4) is 0 Å². The first-order valence-corrected chi connectivity index (χ1v) is 11.6. The van der Waals surface area contributed by atoms with E-state index < -0.39 is 0 Å². The quantitative estimate of drug-likeness (QED) is 0.608. The largest absolute Gasteiger partial charge is 0.348 e. The van der Waals surface area contributed by atoms with Crippen LogP contribution in [0.5, 0.6) is 0 Å². The SMILES string of the molecule is O=C(NC1CCCC1)c1sc(=S)n2c1[nH]c(=O)c1ccc(C(=O)N3CCCC3)cc12. The summed E-state index contributed by atoms with van der Waals surface area (Å²) < 4.78 is 2.18. The Morgan fingerprint density at radius 2 is 1.87 bits per heavy atom. The Balaban J connectivity index is 1.62. The first-order chi connectivity index (χ1) is 14.5. The van der Waals surface area contributed by atoms with Gasteiger partial charge in [0.1, 0.15) is 10.5 Å². The van der Waals surface area contributed by atoms with Crippen LogP contribution in [0.15, 0.2) is 23.0 Å². The van der Waals surface area contributed by atoms with E-state index in [2.05, 4.69) is 10.3 Å². The highest BCUT2D eigenvalue weighted by atomic mass is 32.1. The molecule has 1 saturated heterocycles. The van der Waals surface area contributed by atoms with Gasteiger partial charge < -0.3 is 15.2 Å². The average molecular weight is 443 g/mol. The average Bonchev–Trinajstić information content (AvgIpc) is 3.49. The van der Waals surface area contributed by atoms with Crippen molar-refractivity contribution in [2.75, 3.05) is 13.1 Å². The van der Waals surface area contributed by atoms with Crippen LogP contribution in [0.1, 0.15) is 58.6 Å². The van der Waals surface area contributed by atoms with Crippen LogP contribution in [0.2, 0.25) is 0 Å². The van der Waals surface area contributed by atoms with Crippen molar-refractivity contribution in [1.29, 1.82) is 0 Å². The standard InChI is InChI=1S/C21H22N4O3S2/c26-18-14-8-7-12(20(28)24-9-3-4-10-24)11-15(14)25-17(23-18)16(30-21(25)29)19(27)22-13-5-1-2-6-13/h7-8,11,13H,1-6,9-10H2,(H,22,27)(H,23,26). The predicted octanol–water partition coefficient (Wildman–Crippen LogP) is 3.48. The number of hydrogen-bond donors (Lipinski definition) is 2. The number of benzene rings is 1. The second kappa shape index (κ2) is 7.63. The molecule has 30 heavy (non-hydrogen) atoms. The Labute approximate surface area is 181 Å². The summed E-state index contributed by atoms with van der Waals surface area (Å²) in [5, 5.41) is 3.51. The number of aromatic nitrogens is 2. The van der Waals surface area contributed by atoms with Gasteiger partial charge >= 0.3 is 0 Å². The van der Waals surface area contributed by atoms with E-state index >= 15 is 0 Å². The summed E-state index contributed by atoms with van der Waals surface area (Å²) in [4.78, 5) is 43.5. The van der Waals surface area contributed by atoms with Gasteiger partial charge in [0.05, 0.1) is 10.9 Å². The molecule has 0 radical (unpaired) electrons. The van der Waals surface area contributed by atoms with E-state index in [1.807, 2.05) is 4.90 Å². The first-order valence-electron chi connectivity index (χ1n) is 10.3. The van der Waals surface area contributed by atoms with Gasteiger partial charge in [0.15, 0.2) is 3.95 Å². The molecule has 0 bridgehead atoms. The number of likely N-dealkylation sites (tertiary alicyclic amines) is 1. The van der Waals surface area contributed by atoms with E-state index in [1.165, 1.54) is 11.3 Å². The summed E-state index contributed by atoms with van der Waals surface area (Å²) in [5.41, 5.74) is 1.18. The van der Waals surface area contributed by atoms with Gasteiger partial charge in [0.2, 0.25) is 0 Å². The monoisotopic (exact) mass is 442 g/mol. The van der Waals surface area contributed by atoms with Gasteiger partial charge in [-0.2, -0.15) is 0 Å². The number of fused-ring (bicyclic) bond motifs is 3. The molecule has 7 nitrogen and oxygen atoms in total. The van der Waals surface area contributed by atoms with Gasteiger partial charge in [0, 0.05) is 24.7 Å². The van der Waals surface area contributed by atoms with Crippen molar-refractivity contribution in [2.45, 2.75) is 44.6 Å². The highest BCUT2D eigenvalue weighted by Gasteiger charge is 2.24. The Morgan fingerprint density at radius 1 is 1.13 bits per heavy atom. The summed E-state index contributed by atoms with van der Waals surface area (Å²) in [6.45, 7) is 1.51. The zero-order valence-corrected chi connectivity index (χ0v) is 18.0. The van der Waals surface area contributed by atoms with Crippen molar-refractivity contribution in [2.24, 2.45) is 0 Å². The maximum atomic E-state index is 12.9. The molecule has 3 heterocycles. The van der Waals surface area contributed by atoms with Gasteiger partial charge in [-0.3, -0.25) is 18.8 Å². The van der Waals surface area contributed by atoms with Crippen LogP contribution in [-0.2, 0) is 0 Å². The molecule has 0 atom stereocenters. The lowest BCUT2D eigenvalue weighted by atomic mass is 10.1. The van der Waals surface area contributed by atoms with E-state index in [0.29, 0.717) is 30.9 Å². The summed E-state index contributed by atoms with van der Waals surface area (Å²) >= 11 is 6.73. The zero-order chi connectivity index (χ0) is 20.8. The van der Waals surface area contributed by atoms with E-state index in [0.717, 1.165) is 51.6 Å². The third-order valence-corrected chi connectivity index (χ3v) is 7.44. The van der Waals surface area contributed by atoms with Crippen LogP contribution >= 0.6 is 23.6 Å². The third-order valence-electron chi connectivity index (χ3n) is 6.06. The molecule has 9 heteroatoms.